The smallest absolute Gasteiger partial charge is 0.407 e. The second-order valence-corrected chi connectivity index (χ2v) is 8.77. The molecule has 1 aromatic rings. The van der Waals surface area contributed by atoms with Gasteiger partial charge in [0.25, 0.3) is 0 Å². The highest BCUT2D eigenvalue weighted by Crippen LogP contribution is 2.45. The molecule has 0 aliphatic heterocycles. The molecule has 0 radical (unpaired) electrons. The van der Waals surface area contributed by atoms with Crippen molar-refractivity contribution in [3.63, 3.8) is 0 Å². The van der Waals surface area contributed by atoms with E-state index >= 15 is 0 Å². The molecule has 1 saturated carbocycles. The highest BCUT2D eigenvalue weighted by atomic mass is 16.5. The van der Waals surface area contributed by atoms with Gasteiger partial charge in [-0.3, -0.25) is 0 Å². The molecule has 2 amide bonds. The number of phenolic OH excluding ortho intramolecular Hbond substituents is 2. The van der Waals surface area contributed by atoms with E-state index in [0.717, 1.165) is 18.4 Å². The second kappa shape index (κ2) is 8.58. The molecule has 156 valence electrons. The predicted molar refractivity (Wildman–Crippen MR) is 104 cm³/mol. The minimum absolute atomic E-state index is 0.0330. The fourth-order valence-corrected chi connectivity index (χ4v) is 4.35. The molecule has 0 bridgehead atoms. The number of hydrogen-bond acceptors (Lipinski definition) is 5. The summed E-state index contributed by atoms with van der Waals surface area (Å²) in [7, 11) is 0. The van der Waals surface area contributed by atoms with E-state index in [2.05, 4.69) is 24.5 Å². The van der Waals surface area contributed by atoms with Crippen LogP contribution in [0.2, 0.25) is 0 Å². The van der Waals surface area contributed by atoms with Crippen LogP contribution < -0.4 is 10.6 Å². The molecular weight excluding hydrogens is 364 g/mol. The van der Waals surface area contributed by atoms with Crippen molar-refractivity contribution in [2.45, 2.75) is 52.5 Å². The summed E-state index contributed by atoms with van der Waals surface area (Å²) in [6.07, 6.45) is 1.16. The maximum atomic E-state index is 12.2. The Morgan fingerprint density at radius 3 is 2.54 bits per heavy atom. The second-order valence-electron chi connectivity index (χ2n) is 8.77. The van der Waals surface area contributed by atoms with Crippen molar-refractivity contribution < 1.29 is 29.6 Å². The number of alkyl carbamates (subject to hydrolysis) is 1. The third kappa shape index (κ3) is 6.51. The lowest BCUT2D eigenvalue weighted by atomic mass is 9.62. The highest BCUT2D eigenvalue weighted by Gasteiger charge is 2.42. The molecule has 28 heavy (non-hydrogen) atoms. The first-order valence-electron chi connectivity index (χ1n) is 9.39. The fraction of sp³-hybridized carbons (Fsp3) is 0.600. The van der Waals surface area contributed by atoms with Gasteiger partial charge in [-0.15, -0.1) is 0 Å². The van der Waals surface area contributed by atoms with Gasteiger partial charge < -0.3 is 30.7 Å². The zero-order chi connectivity index (χ0) is 20.9. The summed E-state index contributed by atoms with van der Waals surface area (Å²) in [5.41, 5.74) is 0.463. The SMILES string of the molecule is CC1(C)CC(NC(=O)OCCc2ccc(O)c(O)c2)CC(C)(CNC(=O)O)C1. The van der Waals surface area contributed by atoms with Crippen LogP contribution in [0.4, 0.5) is 9.59 Å². The lowest BCUT2D eigenvalue weighted by Crippen LogP contribution is -2.50. The molecule has 2 unspecified atom stereocenters. The Kier molecular flexibility index (Phi) is 6.64. The van der Waals surface area contributed by atoms with E-state index in [-0.39, 0.29) is 35.0 Å². The standard InChI is InChI=1S/C20H30N2O6/c1-19(2)9-14(10-20(3,11-19)12-21-17(25)26)22-18(27)28-7-6-13-4-5-15(23)16(24)8-13/h4-5,8,14,21,23-24H,6-7,9-12H2,1-3H3,(H,22,27)(H,25,26). The van der Waals surface area contributed by atoms with Gasteiger partial charge in [0, 0.05) is 19.0 Å². The molecule has 1 aromatic carbocycles. The minimum atomic E-state index is -1.05. The molecule has 8 heteroatoms. The molecule has 0 saturated heterocycles. The maximum absolute atomic E-state index is 12.2. The lowest BCUT2D eigenvalue weighted by Gasteiger charge is -2.46. The Balaban J connectivity index is 1.85. The molecule has 8 nitrogen and oxygen atoms in total. The number of hydrogen-bond donors (Lipinski definition) is 5. The number of nitrogens with one attached hydrogen (secondary N) is 2. The number of carboxylic acid groups (broad SMARTS) is 1. The van der Waals surface area contributed by atoms with Crippen molar-refractivity contribution in [1.29, 1.82) is 0 Å². The molecule has 0 aromatic heterocycles. The first kappa shape index (κ1) is 21.7. The highest BCUT2D eigenvalue weighted by molar-refractivity contribution is 5.67. The van der Waals surface area contributed by atoms with E-state index in [9.17, 15) is 19.8 Å². The molecule has 1 fully saturated rings. The van der Waals surface area contributed by atoms with Gasteiger partial charge in [-0.25, -0.2) is 9.59 Å². The number of carbonyl (C=O) groups excluding carboxylic acids is 1. The lowest BCUT2D eigenvalue weighted by molar-refractivity contribution is 0.0648. The quantitative estimate of drug-likeness (QED) is 0.471. The van der Waals surface area contributed by atoms with Gasteiger partial charge in [0.15, 0.2) is 11.5 Å². The van der Waals surface area contributed by atoms with E-state index < -0.39 is 12.2 Å². The summed E-state index contributed by atoms with van der Waals surface area (Å²) in [5.74, 6) is -0.400. The van der Waals surface area contributed by atoms with Crippen molar-refractivity contribution in [2.24, 2.45) is 10.8 Å². The zero-order valence-corrected chi connectivity index (χ0v) is 16.6. The Morgan fingerprint density at radius 2 is 1.89 bits per heavy atom. The van der Waals surface area contributed by atoms with Gasteiger partial charge in [0.1, 0.15) is 0 Å². The normalized spacial score (nSPS) is 23.6. The molecule has 2 rings (SSSR count). The van der Waals surface area contributed by atoms with Crippen LogP contribution in [0.15, 0.2) is 18.2 Å². The van der Waals surface area contributed by atoms with Crippen LogP contribution in [0.5, 0.6) is 11.5 Å². The van der Waals surface area contributed by atoms with Gasteiger partial charge in [0.2, 0.25) is 0 Å². The molecule has 5 N–H and O–H groups in total. The predicted octanol–water partition coefficient (Wildman–Crippen LogP) is 3.22. The largest absolute Gasteiger partial charge is 0.504 e. The number of carbonyl (C=O) groups is 2. The van der Waals surface area contributed by atoms with E-state index in [4.69, 9.17) is 9.84 Å². The van der Waals surface area contributed by atoms with Crippen LogP contribution in [-0.4, -0.2) is 46.7 Å². The fourth-order valence-electron chi connectivity index (χ4n) is 4.35. The van der Waals surface area contributed by atoms with Crippen molar-refractivity contribution in [3.05, 3.63) is 23.8 Å². The molecule has 0 spiro atoms. The number of aromatic hydroxyl groups is 2. The van der Waals surface area contributed by atoms with Gasteiger partial charge in [-0.1, -0.05) is 26.8 Å². The summed E-state index contributed by atoms with van der Waals surface area (Å²) >= 11 is 0. The molecule has 1 aliphatic rings. The van der Waals surface area contributed by atoms with E-state index in [1.165, 1.54) is 12.1 Å². The van der Waals surface area contributed by atoms with E-state index in [1.54, 1.807) is 6.07 Å². The summed E-state index contributed by atoms with van der Waals surface area (Å²) < 4.78 is 5.25. The summed E-state index contributed by atoms with van der Waals surface area (Å²) in [5, 5.41) is 33.1. The van der Waals surface area contributed by atoms with Crippen LogP contribution in [0.3, 0.4) is 0 Å². The number of phenols is 2. The molecule has 2 atom stereocenters. The Labute approximate surface area is 164 Å². The number of rotatable bonds is 6. The summed E-state index contributed by atoms with van der Waals surface area (Å²) in [4.78, 5) is 23.0. The van der Waals surface area contributed by atoms with Crippen molar-refractivity contribution in [2.75, 3.05) is 13.2 Å². The van der Waals surface area contributed by atoms with Crippen LogP contribution in [0.25, 0.3) is 0 Å². The van der Waals surface area contributed by atoms with Crippen LogP contribution >= 0.6 is 0 Å². The number of benzene rings is 1. The van der Waals surface area contributed by atoms with Crippen LogP contribution in [0, 0.1) is 10.8 Å². The van der Waals surface area contributed by atoms with E-state index in [0.29, 0.717) is 19.4 Å². The monoisotopic (exact) mass is 394 g/mol. The average Bonchev–Trinajstić information content (AvgIpc) is 2.54. The molecule has 1 aliphatic carbocycles. The number of amides is 2. The molecule has 0 heterocycles. The van der Waals surface area contributed by atoms with Crippen molar-refractivity contribution >= 4 is 12.2 Å². The topological polar surface area (TPSA) is 128 Å². The number of ether oxygens (including phenoxy) is 1. The minimum Gasteiger partial charge on any atom is -0.504 e. The van der Waals surface area contributed by atoms with E-state index in [1.807, 2.05) is 6.92 Å². The zero-order valence-electron chi connectivity index (χ0n) is 16.6. The van der Waals surface area contributed by atoms with Gasteiger partial charge in [-0.05, 0) is 47.8 Å². The van der Waals surface area contributed by atoms with Gasteiger partial charge >= 0.3 is 12.2 Å². The first-order valence-corrected chi connectivity index (χ1v) is 9.39. The van der Waals surface area contributed by atoms with Gasteiger partial charge in [0.05, 0.1) is 6.61 Å². The Hall–Kier alpha value is -2.64. The Morgan fingerprint density at radius 1 is 1.18 bits per heavy atom. The third-order valence-electron chi connectivity index (χ3n) is 5.10. The maximum Gasteiger partial charge on any atom is 0.407 e. The van der Waals surface area contributed by atoms with Crippen LogP contribution in [0.1, 0.15) is 45.6 Å². The summed E-state index contributed by atoms with van der Waals surface area (Å²) in [6, 6.07) is 4.37. The molecular formula is C20H30N2O6. The average molecular weight is 394 g/mol. The third-order valence-corrected chi connectivity index (χ3v) is 5.10. The van der Waals surface area contributed by atoms with Crippen molar-refractivity contribution in [1.82, 2.24) is 10.6 Å². The Bertz CT molecular complexity index is 721. The first-order chi connectivity index (χ1) is 13.0. The summed E-state index contributed by atoms with van der Waals surface area (Å²) in [6.45, 7) is 6.74. The van der Waals surface area contributed by atoms with Crippen LogP contribution in [-0.2, 0) is 11.2 Å². The van der Waals surface area contributed by atoms with Crippen molar-refractivity contribution in [3.8, 4) is 11.5 Å². The van der Waals surface area contributed by atoms with Gasteiger partial charge in [-0.2, -0.15) is 0 Å².